The Hall–Kier alpha value is -1.67. The largest absolute Gasteiger partial charge is 0.346 e. The Morgan fingerprint density at radius 1 is 1.24 bits per heavy atom. The van der Waals surface area contributed by atoms with Crippen LogP contribution in [0.25, 0.3) is 0 Å². The molecule has 4 N–H and O–H groups in total. The summed E-state index contributed by atoms with van der Waals surface area (Å²) in [6.45, 7) is 7.49. The molecule has 0 radical (unpaired) electrons. The van der Waals surface area contributed by atoms with Gasteiger partial charge in [0.1, 0.15) is 6.04 Å². The Labute approximate surface area is 154 Å². The van der Waals surface area contributed by atoms with E-state index in [1.54, 1.807) is 0 Å². The minimum atomic E-state index is -0.629. The summed E-state index contributed by atoms with van der Waals surface area (Å²) in [6, 6.07) is -1.01. The Bertz CT molecular complexity index is 586. The fourth-order valence-corrected chi connectivity index (χ4v) is 2.21. The van der Waals surface area contributed by atoms with Crippen molar-refractivity contribution < 1.29 is 14.1 Å². The summed E-state index contributed by atoms with van der Waals surface area (Å²) in [5, 5.41) is 9.37. The van der Waals surface area contributed by atoms with Gasteiger partial charge in [-0.05, 0) is 24.7 Å². The molecule has 1 unspecified atom stereocenters. The molecule has 0 aliphatic heterocycles. The van der Waals surface area contributed by atoms with Gasteiger partial charge in [0.15, 0.2) is 5.82 Å². The molecule has 2 rings (SSSR count). The predicted octanol–water partition coefficient (Wildman–Crippen LogP) is 1.28. The molecule has 1 aromatic heterocycles. The molecule has 9 heteroatoms. The summed E-state index contributed by atoms with van der Waals surface area (Å²) in [5.41, 5.74) is 5.75. The highest BCUT2D eigenvalue weighted by atomic mass is 35.5. The van der Waals surface area contributed by atoms with Gasteiger partial charge in [0.25, 0.3) is 0 Å². The molecule has 1 aromatic rings. The summed E-state index contributed by atoms with van der Waals surface area (Å²) >= 11 is 0. The average molecular weight is 374 g/mol. The van der Waals surface area contributed by atoms with Crippen LogP contribution in [0.3, 0.4) is 0 Å². The maximum atomic E-state index is 12.1. The van der Waals surface area contributed by atoms with Gasteiger partial charge >= 0.3 is 0 Å². The summed E-state index contributed by atoms with van der Waals surface area (Å²) in [5.74, 6) is 0.944. The maximum absolute atomic E-state index is 12.1. The highest BCUT2D eigenvalue weighted by Gasteiger charge is 2.31. The van der Waals surface area contributed by atoms with E-state index in [1.165, 1.54) is 0 Å². The van der Waals surface area contributed by atoms with E-state index in [4.69, 9.17) is 10.3 Å². The van der Waals surface area contributed by atoms with Crippen molar-refractivity contribution in [2.24, 2.45) is 17.6 Å². The van der Waals surface area contributed by atoms with Crippen LogP contribution in [-0.2, 0) is 9.59 Å². The number of nitrogens with zero attached hydrogens (tertiary/aromatic N) is 2. The van der Waals surface area contributed by atoms with Crippen molar-refractivity contribution >= 4 is 24.2 Å². The van der Waals surface area contributed by atoms with Crippen molar-refractivity contribution in [3.63, 3.8) is 0 Å². The molecule has 1 aliphatic carbocycles. The van der Waals surface area contributed by atoms with Gasteiger partial charge in [-0.1, -0.05) is 32.9 Å². The van der Waals surface area contributed by atoms with Gasteiger partial charge in [0.05, 0.1) is 12.6 Å². The number of carbonyl (C=O) groups excluding carboxylic acids is 2. The summed E-state index contributed by atoms with van der Waals surface area (Å²) in [6.07, 6.45) is 2.17. The highest BCUT2D eigenvalue weighted by Crippen LogP contribution is 2.38. The van der Waals surface area contributed by atoms with Crippen molar-refractivity contribution in [1.82, 2.24) is 20.8 Å². The predicted molar refractivity (Wildman–Crippen MR) is 95.1 cm³/mol. The average Bonchev–Trinajstić information content (AvgIpc) is 3.27. The molecular weight excluding hydrogens is 346 g/mol. The zero-order valence-corrected chi connectivity index (χ0v) is 15.9. The standard InChI is InChI=1S/C16H27N5O3.ClH/c1-8(2)12(17)15(23)18-7-11(22)19-13(9(3)4)16-20-14(21-24-16)10-5-6-10;/h8-10,12-13H,5-7,17H2,1-4H3,(H,18,23)(H,19,22);1H/t12-,13?;/m0./s1. The van der Waals surface area contributed by atoms with E-state index in [1.807, 2.05) is 27.7 Å². The highest BCUT2D eigenvalue weighted by molar-refractivity contribution is 5.87. The van der Waals surface area contributed by atoms with E-state index in [0.29, 0.717) is 17.6 Å². The third kappa shape index (κ3) is 5.97. The fourth-order valence-electron chi connectivity index (χ4n) is 2.21. The van der Waals surface area contributed by atoms with Gasteiger partial charge in [-0.2, -0.15) is 4.98 Å². The number of nitrogens with one attached hydrogen (secondary N) is 2. The first-order valence-corrected chi connectivity index (χ1v) is 8.45. The van der Waals surface area contributed by atoms with E-state index >= 15 is 0 Å². The molecule has 1 heterocycles. The minimum Gasteiger partial charge on any atom is -0.346 e. The monoisotopic (exact) mass is 373 g/mol. The molecule has 0 bridgehead atoms. The van der Waals surface area contributed by atoms with E-state index in [-0.39, 0.29) is 48.6 Å². The quantitative estimate of drug-likeness (QED) is 0.630. The van der Waals surface area contributed by atoms with Crippen LogP contribution >= 0.6 is 12.4 Å². The number of carbonyl (C=O) groups is 2. The topological polar surface area (TPSA) is 123 Å². The van der Waals surface area contributed by atoms with Crippen molar-refractivity contribution in [1.29, 1.82) is 0 Å². The second-order valence-electron chi connectivity index (χ2n) is 7.04. The van der Waals surface area contributed by atoms with Crippen LogP contribution in [0.15, 0.2) is 4.52 Å². The second kappa shape index (κ2) is 9.15. The van der Waals surface area contributed by atoms with Gasteiger partial charge in [-0.25, -0.2) is 0 Å². The summed E-state index contributed by atoms with van der Waals surface area (Å²) in [7, 11) is 0. The Kier molecular flexibility index (Phi) is 7.82. The van der Waals surface area contributed by atoms with Gasteiger partial charge in [0.2, 0.25) is 17.7 Å². The molecule has 0 saturated heterocycles. The number of rotatable bonds is 8. The number of aromatic nitrogens is 2. The summed E-state index contributed by atoms with van der Waals surface area (Å²) < 4.78 is 5.30. The molecule has 8 nitrogen and oxygen atoms in total. The molecule has 2 amide bonds. The molecule has 0 spiro atoms. The molecule has 2 atom stereocenters. The molecule has 0 aromatic carbocycles. The van der Waals surface area contributed by atoms with E-state index in [9.17, 15) is 9.59 Å². The third-order valence-corrected chi connectivity index (χ3v) is 4.09. The van der Waals surface area contributed by atoms with Crippen LogP contribution < -0.4 is 16.4 Å². The van der Waals surface area contributed by atoms with Crippen molar-refractivity contribution in [2.75, 3.05) is 6.54 Å². The number of nitrogens with two attached hydrogens (primary N) is 1. The second-order valence-corrected chi connectivity index (χ2v) is 7.04. The van der Waals surface area contributed by atoms with Crippen LogP contribution in [0.2, 0.25) is 0 Å². The van der Waals surface area contributed by atoms with Crippen LogP contribution in [0.4, 0.5) is 0 Å². The van der Waals surface area contributed by atoms with E-state index in [0.717, 1.165) is 12.8 Å². The van der Waals surface area contributed by atoms with E-state index in [2.05, 4.69) is 20.8 Å². The van der Waals surface area contributed by atoms with Crippen LogP contribution in [0, 0.1) is 11.8 Å². The van der Waals surface area contributed by atoms with Crippen LogP contribution in [-0.4, -0.2) is 34.5 Å². The zero-order chi connectivity index (χ0) is 17.9. The van der Waals surface area contributed by atoms with Gasteiger partial charge < -0.3 is 20.9 Å². The molecule has 1 saturated carbocycles. The first-order chi connectivity index (χ1) is 11.3. The van der Waals surface area contributed by atoms with Gasteiger partial charge in [-0.15, -0.1) is 12.4 Å². The molecule has 25 heavy (non-hydrogen) atoms. The number of halogens is 1. The molecule has 1 aliphatic rings. The molecule has 142 valence electrons. The number of amides is 2. The normalized spacial score (nSPS) is 16.3. The Balaban J connectivity index is 0.00000312. The lowest BCUT2D eigenvalue weighted by Gasteiger charge is -2.19. The lowest BCUT2D eigenvalue weighted by atomic mass is 10.0. The smallest absolute Gasteiger partial charge is 0.249 e. The SMILES string of the molecule is CC(C)C(NC(=O)CNC(=O)[C@@H](N)C(C)C)c1nc(C2CC2)no1.Cl. The van der Waals surface area contributed by atoms with Crippen LogP contribution in [0.1, 0.15) is 64.2 Å². The van der Waals surface area contributed by atoms with Crippen molar-refractivity contribution in [3.05, 3.63) is 11.7 Å². The van der Waals surface area contributed by atoms with Crippen molar-refractivity contribution in [2.45, 2.75) is 58.5 Å². The molecule has 1 fully saturated rings. The Morgan fingerprint density at radius 3 is 2.40 bits per heavy atom. The van der Waals surface area contributed by atoms with Gasteiger partial charge in [0, 0.05) is 5.92 Å². The van der Waals surface area contributed by atoms with Gasteiger partial charge in [-0.3, -0.25) is 9.59 Å². The summed E-state index contributed by atoms with van der Waals surface area (Å²) in [4.78, 5) is 28.3. The zero-order valence-electron chi connectivity index (χ0n) is 15.1. The fraction of sp³-hybridized carbons (Fsp3) is 0.750. The number of hydrogen-bond acceptors (Lipinski definition) is 6. The Morgan fingerprint density at radius 2 is 1.88 bits per heavy atom. The third-order valence-electron chi connectivity index (χ3n) is 4.09. The first-order valence-electron chi connectivity index (χ1n) is 8.45. The van der Waals surface area contributed by atoms with Crippen molar-refractivity contribution in [3.8, 4) is 0 Å². The van der Waals surface area contributed by atoms with E-state index < -0.39 is 6.04 Å². The maximum Gasteiger partial charge on any atom is 0.249 e. The lowest BCUT2D eigenvalue weighted by molar-refractivity contribution is -0.127. The number of hydrogen-bond donors (Lipinski definition) is 3. The minimum absolute atomic E-state index is 0. The lowest BCUT2D eigenvalue weighted by Crippen LogP contribution is -2.47. The first kappa shape index (κ1) is 21.4. The molecular formula is C16H28ClN5O3. The van der Waals surface area contributed by atoms with Crippen LogP contribution in [0.5, 0.6) is 0 Å².